The van der Waals surface area contributed by atoms with E-state index in [1.54, 1.807) is 0 Å². The van der Waals surface area contributed by atoms with Crippen LogP contribution in [0, 0.1) is 0 Å². The molecule has 2 aliphatic carbocycles. The molecule has 4 aromatic carbocycles. The maximum atomic E-state index is 13.0. The van der Waals surface area contributed by atoms with Crippen molar-refractivity contribution in [1.82, 2.24) is 0 Å². The van der Waals surface area contributed by atoms with Gasteiger partial charge >= 0.3 is 5.97 Å². The van der Waals surface area contributed by atoms with E-state index >= 15 is 0 Å². The summed E-state index contributed by atoms with van der Waals surface area (Å²) in [5.41, 5.74) is 8.56. The molecule has 0 aromatic heterocycles. The van der Waals surface area contributed by atoms with Crippen LogP contribution in [-0.4, -0.2) is 25.0 Å². The van der Waals surface area contributed by atoms with Gasteiger partial charge in [0.2, 0.25) is 6.10 Å². The summed E-state index contributed by atoms with van der Waals surface area (Å²) in [4.78, 5) is 24.9. The quantitative estimate of drug-likeness (QED) is 0.217. The molecular formula is C30H22O4. The molecular weight excluding hydrogens is 424 g/mol. The van der Waals surface area contributed by atoms with Crippen molar-refractivity contribution in [1.29, 1.82) is 0 Å². The van der Waals surface area contributed by atoms with Crippen molar-refractivity contribution in [2.45, 2.75) is 18.1 Å². The lowest BCUT2D eigenvalue weighted by molar-refractivity contribution is -0.161. The average molecular weight is 447 g/mol. The summed E-state index contributed by atoms with van der Waals surface area (Å²) in [5.74, 6) is -0.740. The van der Waals surface area contributed by atoms with E-state index in [0.717, 1.165) is 44.5 Å². The molecule has 2 aliphatic rings. The van der Waals surface area contributed by atoms with Gasteiger partial charge in [-0.3, -0.25) is 4.79 Å². The summed E-state index contributed by atoms with van der Waals surface area (Å²) >= 11 is 0. The summed E-state index contributed by atoms with van der Waals surface area (Å²) in [6.45, 7) is 0.151. The Bertz CT molecular complexity index is 1320. The number of esters is 1. The first-order chi connectivity index (χ1) is 16.8. The lowest BCUT2D eigenvalue weighted by Crippen LogP contribution is -2.30. The maximum absolute atomic E-state index is 13.0. The van der Waals surface area contributed by atoms with Gasteiger partial charge in [0.15, 0.2) is 6.29 Å². The largest absolute Gasteiger partial charge is 0.462 e. The average Bonchev–Trinajstić information content (AvgIpc) is 3.39. The van der Waals surface area contributed by atoms with Crippen LogP contribution < -0.4 is 0 Å². The van der Waals surface area contributed by atoms with Crippen molar-refractivity contribution in [3.8, 4) is 22.3 Å². The van der Waals surface area contributed by atoms with Crippen LogP contribution in [0.2, 0.25) is 0 Å². The zero-order chi connectivity index (χ0) is 23.1. The van der Waals surface area contributed by atoms with Gasteiger partial charge in [0.1, 0.15) is 12.7 Å². The van der Waals surface area contributed by atoms with Gasteiger partial charge in [-0.25, -0.2) is 4.79 Å². The van der Waals surface area contributed by atoms with Gasteiger partial charge in [-0.2, -0.15) is 0 Å². The fourth-order valence-corrected chi connectivity index (χ4v) is 5.23. The van der Waals surface area contributed by atoms with Crippen molar-refractivity contribution in [2.75, 3.05) is 6.61 Å². The number of fused-ring (bicyclic) bond motifs is 6. The molecule has 0 fully saturated rings. The van der Waals surface area contributed by atoms with E-state index in [4.69, 9.17) is 9.47 Å². The molecule has 0 amide bonds. The molecule has 4 heteroatoms. The predicted molar refractivity (Wildman–Crippen MR) is 129 cm³/mol. The number of benzene rings is 4. The van der Waals surface area contributed by atoms with E-state index < -0.39 is 18.2 Å². The van der Waals surface area contributed by atoms with E-state index in [-0.39, 0.29) is 12.5 Å². The highest BCUT2D eigenvalue weighted by Gasteiger charge is 2.35. The molecule has 1 unspecified atom stereocenters. The lowest BCUT2D eigenvalue weighted by Gasteiger charge is -2.20. The van der Waals surface area contributed by atoms with Crippen molar-refractivity contribution in [3.63, 3.8) is 0 Å². The van der Waals surface area contributed by atoms with Gasteiger partial charge in [0.25, 0.3) is 0 Å². The van der Waals surface area contributed by atoms with Crippen LogP contribution in [-0.2, 0) is 19.1 Å². The van der Waals surface area contributed by atoms with Gasteiger partial charge < -0.3 is 9.47 Å². The highest BCUT2D eigenvalue weighted by Crippen LogP contribution is 2.46. The Balaban J connectivity index is 1.22. The fourth-order valence-electron chi connectivity index (χ4n) is 5.23. The molecule has 0 saturated heterocycles. The third-order valence-electron chi connectivity index (χ3n) is 6.77. The molecule has 0 aliphatic heterocycles. The van der Waals surface area contributed by atoms with Crippen LogP contribution in [0.5, 0.6) is 0 Å². The number of aldehydes is 1. The second-order valence-electron chi connectivity index (χ2n) is 8.60. The molecule has 0 radical (unpaired) electrons. The molecule has 4 nitrogen and oxygen atoms in total. The summed E-state index contributed by atoms with van der Waals surface area (Å²) in [6, 6.07) is 32.1. The van der Waals surface area contributed by atoms with E-state index in [1.807, 2.05) is 72.8 Å². The molecule has 4 aromatic rings. The van der Waals surface area contributed by atoms with Gasteiger partial charge in [0, 0.05) is 5.92 Å². The standard InChI is InChI=1S/C30H22O4/c31-17-28(34-29-25-15-7-5-11-21(25)22-12-6-8-16-26(22)29)30(32)33-18-27-23-13-3-1-9-19(23)20-10-2-4-14-24(20)27/h1-17,27-29H,18H2. The smallest absolute Gasteiger partial charge is 0.342 e. The first-order valence-corrected chi connectivity index (χ1v) is 11.4. The molecule has 166 valence electrons. The monoisotopic (exact) mass is 446 g/mol. The lowest BCUT2D eigenvalue weighted by atomic mass is 9.98. The molecule has 0 spiro atoms. The molecule has 0 saturated carbocycles. The van der Waals surface area contributed by atoms with E-state index in [1.165, 1.54) is 0 Å². The summed E-state index contributed by atoms with van der Waals surface area (Å²) in [6.07, 6.45) is -1.28. The van der Waals surface area contributed by atoms with Gasteiger partial charge in [-0.1, -0.05) is 97.1 Å². The number of ether oxygens (including phenoxy) is 2. The first kappa shape index (κ1) is 20.6. The molecule has 34 heavy (non-hydrogen) atoms. The minimum absolute atomic E-state index is 0.0726. The molecule has 1 atom stereocenters. The minimum atomic E-state index is -1.31. The molecule has 0 bridgehead atoms. The van der Waals surface area contributed by atoms with Gasteiger partial charge in [0.05, 0.1) is 0 Å². The van der Waals surface area contributed by atoms with E-state index in [2.05, 4.69) is 24.3 Å². The number of rotatable bonds is 6. The minimum Gasteiger partial charge on any atom is -0.462 e. The normalized spacial score (nSPS) is 14.6. The third kappa shape index (κ3) is 3.27. The predicted octanol–water partition coefficient (Wildman–Crippen LogP) is 5.70. The molecule has 6 rings (SSSR count). The molecule has 0 N–H and O–H groups in total. The van der Waals surface area contributed by atoms with Crippen molar-refractivity contribution < 1.29 is 19.1 Å². The summed E-state index contributed by atoms with van der Waals surface area (Å²) in [5, 5.41) is 0. The summed E-state index contributed by atoms with van der Waals surface area (Å²) in [7, 11) is 0. The SMILES string of the molecule is O=CC(OC1c2ccccc2-c2ccccc21)C(=O)OCC1c2ccccc2-c2ccccc21. The second kappa shape index (κ2) is 8.40. The van der Waals surface area contributed by atoms with Crippen LogP contribution >= 0.6 is 0 Å². The zero-order valence-corrected chi connectivity index (χ0v) is 18.4. The zero-order valence-electron chi connectivity index (χ0n) is 18.4. The Kier molecular flexibility index (Phi) is 5.08. The Morgan fingerprint density at radius 3 is 1.56 bits per heavy atom. The number of hydrogen-bond donors (Lipinski definition) is 0. The van der Waals surface area contributed by atoms with Crippen LogP contribution in [0.4, 0.5) is 0 Å². The van der Waals surface area contributed by atoms with Crippen LogP contribution in [0.1, 0.15) is 34.3 Å². The van der Waals surface area contributed by atoms with Gasteiger partial charge in [-0.05, 0) is 44.5 Å². The van der Waals surface area contributed by atoms with Crippen LogP contribution in [0.25, 0.3) is 22.3 Å². The Labute approximate surface area is 197 Å². The highest BCUT2D eigenvalue weighted by molar-refractivity contribution is 5.91. The van der Waals surface area contributed by atoms with E-state index in [0.29, 0.717) is 6.29 Å². The highest BCUT2D eigenvalue weighted by atomic mass is 16.6. The Morgan fingerprint density at radius 2 is 1.09 bits per heavy atom. The second-order valence-corrected chi connectivity index (χ2v) is 8.60. The van der Waals surface area contributed by atoms with Crippen molar-refractivity contribution in [3.05, 3.63) is 119 Å². The maximum Gasteiger partial charge on any atom is 0.342 e. The number of hydrogen-bond acceptors (Lipinski definition) is 4. The topological polar surface area (TPSA) is 52.6 Å². The fraction of sp³-hybridized carbons (Fsp3) is 0.133. The van der Waals surface area contributed by atoms with Crippen LogP contribution in [0.15, 0.2) is 97.1 Å². The van der Waals surface area contributed by atoms with Gasteiger partial charge in [-0.15, -0.1) is 0 Å². The van der Waals surface area contributed by atoms with Crippen molar-refractivity contribution in [2.24, 2.45) is 0 Å². The molecule has 0 heterocycles. The third-order valence-corrected chi connectivity index (χ3v) is 6.77. The Hall–Kier alpha value is -4.02. The Morgan fingerprint density at radius 1 is 0.676 bits per heavy atom. The first-order valence-electron chi connectivity index (χ1n) is 11.4. The van der Waals surface area contributed by atoms with Crippen molar-refractivity contribution >= 4 is 12.3 Å². The van der Waals surface area contributed by atoms with E-state index in [9.17, 15) is 9.59 Å². The number of carbonyl (C=O) groups excluding carboxylic acids is 2. The number of carbonyl (C=O) groups is 2. The van der Waals surface area contributed by atoms with Crippen LogP contribution in [0.3, 0.4) is 0 Å². The summed E-state index contributed by atoms with van der Waals surface area (Å²) < 4.78 is 11.8.